The van der Waals surface area contributed by atoms with E-state index >= 15 is 0 Å². The van der Waals surface area contributed by atoms with Crippen LogP contribution in [0.1, 0.15) is 5.56 Å². The Hall–Kier alpha value is -2.21. The summed E-state index contributed by atoms with van der Waals surface area (Å²) in [7, 11) is 1.91. The second-order valence-electron chi connectivity index (χ2n) is 3.17. The molecule has 18 heavy (non-hydrogen) atoms. The lowest BCUT2D eigenvalue weighted by atomic mass is 10.2. The molecule has 0 aliphatic carbocycles. The third kappa shape index (κ3) is 5.76. The molecular formula is C12H14ClN5. The second-order valence-corrected chi connectivity index (χ2v) is 3.58. The standard InChI is InChI=1S/C8H10ClN.C4H4N4/c1-10-6-7-4-2-3-5-8(7)9;5-1-3(7)4(8)2-6/h2-5,10H,6H2,1H3;7-8H2/b;4-3-. The molecule has 0 aromatic heterocycles. The number of halogens is 1. The molecule has 0 bridgehead atoms. The lowest BCUT2D eigenvalue weighted by molar-refractivity contribution is 0.818. The molecule has 6 heteroatoms. The summed E-state index contributed by atoms with van der Waals surface area (Å²) in [5.74, 6) is 0. The molecule has 5 N–H and O–H groups in total. The van der Waals surface area contributed by atoms with Crippen molar-refractivity contribution in [1.82, 2.24) is 5.32 Å². The van der Waals surface area contributed by atoms with E-state index in [2.05, 4.69) is 5.32 Å². The lowest BCUT2D eigenvalue weighted by Crippen LogP contribution is -2.05. The quantitative estimate of drug-likeness (QED) is 0.695. The Morgan fingerprint density at radius 3 is 2.11 bits per heavy atom. The van der Waals surface area contributed by atoms with Crippen LogP contribution in [0.2, 0.25) is 5.02 Å². The van der Waals surface area contributed by atoms with Crippen molar-refractivity contribution in [3.8, 4) is 12.1 Å². The van der Waals surface area contributed by atoms with Crippen molar-refractivity contribution in [2.24, 2.45) is 11.5 Å². The average Bonchev–Trinajstić information content (AvgIpc) is 2.40. The van der Waals surface area contributed by atoms with Crippen molar-refractivity contribution < 1.29 is 0 Å². The summed E-state index contributed by atoms with van der Waals surface area (Å²) >= 11 is 5.86. The van der Waals surface area contributed by atoms with Gasteiger partial charge in [0.1, 0.15) is 23.5 Å². The molecular weight excluding hydrogens is 250 g/mol. The van der Waals surface area contributed by atoms with Crippen molar-refractivity contribution in [3.63, 3.8) is 0 Å². The summed E-state index contributed by atoms with van der Waals surface area (Å²) in [5.41, 5.74) is 10.5. The van der Waals surface area contributed by atoms with Gasteiger partial charge in [-0.2, -0.15) is 10.5 Å². The first-order chi connectivity index (χ1) is 8.56. The molecule has 94 valence electrons. The van der Waals surface area contributed by atoms with E-state index in [1.807, 2.05) is 31.3 Å². The number of allylic oxidation sites excluding steroid dienone is 2. The average molecular weight is 264 g/mol. The lowest BCUT2D eigenvalue weighted by Gasteiger charge is -2.00. The minimum absolute atomic E-state index is 0.229. The Morgan fingerprint density at radius 1 is 1.22 bits per heavy atom. The normalized spacial score (nSPS) is 10.2. The zero-order valence-corrected chi connectivity index (χ0v) is 10.7. The van der Waals surface area contributed by atoms with Gasteiger partial charge in [0.2, 0.25) is 0 Å². The molecule has 5 nitrogen and oxygen atoms in total. The topological polar surface area (TPSA) is 112 Å². The van der Waals surface area contributed by atoms with Gasteiger partial charge in [-0.05, 0) is 18.7 Å². The molecule has 0 spiro atoms. The van der Waals surface area contributed by atoms with Crippen LogP contribution in [0.3, 0.4) is 0 Å². The number of hydrogen-bond donors (Lipinski definition) is 3. The number of nitrogens with two attached hydrogens (primary N) is 2. The summed E-state index contributed by atoms with van der Waals surface area (Å²) < 4.78 is 0. The van der Waals surface area contributed by atoms with E-state index < -0.39 is 0 Å². The molecule has 0 saturated carbocycles. The fourth-order valence-corrected chi connectivity index (χ4v) is 1.16. The van der Waals surface area contributed by atoms with Crippen molar-refractivity contribution in [1.29, 1.82) is 10.5 Å². The van der Waals surface area contributed by atoms with Crippen LogP contribution in [0.5, 0.6) is 0 Å². The summed E-state index contributed by atoms with van der Waals surface area (Å²) in [6.07, 6.45) is 0. The van der Waals surface area contributed by atoms with Gasteiger partial charge in [-0.3, -0.25) is 0 Å². The monoisotopic (exact) mass is 263 g/mol. The fraction of sp³-hybridized carbons (Fsp3) is 0.167. The summed E-state index contributed by atoms with van der Waals surface area (Å²) in [4.78, 5) is 0. The van der Waals surface area contributed by atoms with Gasteiger partial charge in [0.05, 0.1) is 0 Å². The van der Waals surface area contributed by atoms with Crippen molar-refractivity contribution in [3.05, 3.63) is 46.2 Å². The van der Waals surface area contributed by atoms with Gasteiger partial charge in [0.15, 0.2) is 0 Å². The fourth-order valence-electron chi connectivity index (χ4n) is 0.953. The first-order valence-corrected chi connectivity index (χ1v) is 5.38. The SMILES string of the molecule is CNCc1ccccc1Cl.N#C/C(N)=C(/N)C#N. The Balaban J connectivity index is 0.000000331. The van der Waals surface area contributed by atoms with Crippen LogP contribution in [-0.4, -0.2) is 7.05 Å². The molecule has 0 aliphatic heterocycles. The zero-order valence-electron chi connectivity index (χ0n) is 9.94. The number of nitriles is 2. The molecule has 0 radical (unpaired) electrons. The molecule has 0 heterocycles. The molecule has 0 saturated heterocycles. The van der Waals surface area contributed by atoms with E-state index in [0.29, 0.717) is 0 Å². The van der Waals surface area contributed by atoms with Crippen LogP contribution in [0.15, 0.2) is 35.7 Å². The molecule has 0 fully saturated rings. The van der Waals surface area contributed by atoms with Crippen molar-refractivity contribution in [2.45, 2.75) is 6.54 Å². The van der Waals surface area contributed by atoms with E-state index in [4.69, 9.17) is 33.6 Å². The van der Waals surface area contributed by atoms with E-state index in [1.54, 1.807) is 0 Å². The Morgan fingerprint density at radius 2 is 1.72 bits per heavy atom. The van der Waals surface area contributed by atoms with Crippen LogP contribution in [0.25, 0.3) is 0 Å². The predicted octanol–water partition coefficient (Wildman–Crippen LogP) is 1.22. The van der Waals surface area contributed by atoms with Crippen LogP contribution >= 0.6 is 11.6 Å². The maximum atomic E-state index is 7.97. The minimum atomic E-state index is -0.229. The van der Waals surface area contributed by atoms with Crippen LogP contribution in [-0.2, 0) is 6.54 Å². The van der Waals surface area contributed by atoms with Crippen LogP contribution < -0.4 is 16.8 Å². The third-order valence-electron chi connectivity index (χ3n) is 1.86. The van der Waals surface area contributed by atoms with Crippen LogP contribution in [0.4, 0.5) is 0 Å². The molecule has 1 rings (SSSR count). The molecule has 0 unspecified atom stereocenters. The van der Waals surface area contributed by atoms with E-state index in [9.17, 15) is 0 Å². The van der Waals surface area contributed by atoms with Gasteiger partial charge in [-0.25, -0.2) is 0 Å². The van der Waals surface area contributed by atoms with Gasteiger partial charge in [0.25, 0.3) is 0 Å². The number of nitrogens with zero attached hydrogens (tertiary/aromatic N) is 2. The van der Waals surface area contributed by atoms with E-state index in [0.717, 1.165) is 17.1 Å². The number of benzene rings is 1. The Bertz CT molecular complexity index is 474. The van der Waals surface area contributed by atoms with Crippen molar-refractivity contribution >= 4 is 11.6 Å². The Kier molecular flexibility index (Phi) is 7.80. The minimum Gasteiger partial charge on any atom is -0.388 e. The molecule has 0 aliphatic rings. The molecule has 0 atom stereocenters. The maximum absolute atomic E-state index is 7.97. The first-order valence-electron chi connectivity index (χ1n) is 5.00. The number of hydrogen-bond acceptors (Lipinski definition) is 5. The highest BCUT2D eigenvalue weighted by Gasteiger charge is 1.94. The van der Waals surface area contributed by atoms with Gasteiger partial charge >= 0.3 is 0 Å². The first kappa shape index (κ1) is 15.8. The highest BCUT2D eigenvalue weighted by molar-refractivity contribution is 6.31. The largest absolute Gasteiger partial charge is 0.388 e. The molecule has 1 aromatic rings. The van der Waals surface area contributed by atoms with Crippen LogP contribution in [0, 0.1) is 22.7 Å². The number of nitrogens with one attached hydrogen (secondary N) is 1. The highest BCUT2D eigenvalue weighted by atomic mass is 35.5. The molecule has 0 amide bonds. The van der Waals surface area contributed by atoms with Crippen molar-refractivity contribution in [2.75, 3.05) is 7.05 Å². The molecule has 1 aromatic carbocycles. The maximum Gasteiger partial charge on any atom is 0.145 e. The Labute approximate surface area is 111 Å². The van der Waals surface area contributed by atoms with Gasteiger partial charge in [-0.1, -0.05) is 29.8 Å². The van der Waals surface area contributed by atoms with Gasteiger partial charge in [-0.15, -0.1) is 0 Å². The third-order valence-corrected chi connectivity index (χ3v) is 2.22. The summed E-state index contributed by atoms with van der Waals surface area (Å²) in [6.45, 7) is 0.833. The smallest absolute Gasteiger partial charge is 0.145 e. The highest BCUT2D eigenvalue weighted by Crippen LogP contribution is 2.13. The predicted molar refractivity (Wildman–Crippen MR) is 70.8 cm³/mol. The number of rotatable bonds is 2. The van der Waals surface area contributed by atoms with E-state index in [1.165, 1.54) is 12.1 Å². The second kappa shape index (κ2) is 8.89. The summed E-state index contributed by atoms with van der Waals surface area (Å²) in [6, 6.07) is 10.9. The van der Waals surface area contributed by atoms with Gasteiger partial charge in [0, 0.05) is 11.6 Å². The zero-order chi connectivity index (χ0) is 14.0. The summed E-state index contributed by atoms with van der Waals surface area (Å²) in [5, 5.41) is 19.8. The van der Waals surface area contributed by atoms with E-state index in [-0.39, 0.29) is 11.4 Å². The van der Waals surface area contributed by atoms with Gasteiger partial charge < -0.3 is 16.8 Å².